The van der Waals surface area contributed by atoms with Crippen LogP contribution in [0.1, 0.15) is 37.4 Å². The highest BCUT2D eigenvalue weighted by atomic mass is 16.3. The van der Waals surface area contributed by atoms with Gasteiger partial charge in [-0.2, -0.15) is 0 Å². The molecule has 0 aliphatic heterocycles. The third kappa shape index (κ3) is 2.70. The van der Waals surface area contributed by atoms with Crippen LogP contribution >= 0.6 is 0 Å². The van der Waals surface area contributed by atoms with Crippen LogP contribution in [0.5, 0.6) is 0 Å². The van der Waals surface area contributed by atoms with Crippen LogP contribution in [0.15, 0.2) is 6.33 Å². The van der Waals surface area contributed by atoms with Crippen LogP contribution in [0.3, 0.4) is 0 Å². The van der Waals surface area contributed by atoms with Crippen molar-refractivity contribution in [3.05, 3.63) is 17.6 Å². The lowest BCUT2D eigenvalue weighted by atomic mass is 9.96. The molecule has 1 aliphatic rings. The van der Waals surface area contributed by atoms with E-state index in [1.807, 2.05) is 0 Å². The first-order valence-electron chi connectivity index (χ1n) is 6.02. The van der Waals surface area contributed by atoms with Crippen molar-refractivity contribution in [3.8, 4) is 0 Å². The lowest BCUT2D eigenvalue weighted by Crippen LogP contribution is -2.15. The second kappa shape index (κ2) is 5.25. The Bertz CT molecular complexity index is 352. The Morgan fingerprint density at radius 2 is 2.19 bits per heavy atom. The molecule has 1 aromatic rings. The standard InChI is InChI=1S/C12H19N3O/c1-9(16)6-7-13-12-10-4-2-3-5-11(10)14-8-15-12/h8-9,16H,2-7H2,1H3,(H,13,14,15). The lowest BCUT2D eigenvalue weighted by molar-refractivity contribution is 0.188. The van der Waals surface area contributed by atoms with E-state index in [4.69, 9.17) is 0 Å². The van der Waals surface area contributed by atoms with Gasteiger partial charge in [0.15, 0.2) is 0 Å². The van der Waals surface area contributed by atoms with Gasteiger partial charge in [0.1, 0.15) is 12.1 Å². The molecule has 0 aromatic carbocycles. The number of aliphatic hydroxyl groups excluding tert-OH is 1. The molecule has 4 heteroatoms. The van der Waals surface area contributed by atoms with E-state index in [0.29, 0.717) is 0 Å². The molecule has 1 aromatic heterocycles. The van der Waals surface area contributed by atoms with E-state index in [-0.39, 0.29) is 6.10 Å². The molecule has 4 nitrogen and oxygen atoms in total. The SMILES string of the molecule is CC(O)CCNc1ncnc2c1CCCC2. The molecule has 1 aliphatic carbocycles. The van der Waals surface area contributed by atoms with E-state index < -0.39 is 0 Å². The predicted molar refractivity (Wildman–Crippen MR) is 63.5 cm³/mol. The third-order valence-corrected chi connectivity index (χ3v) is 2.98. The minimum Gasteiger partial charge on any atom is -0.393 e. The largest absolute Gasteiger partial charge is 0.393 e. The molecule has 88 valence electrons. The van der Waals surface area contributed by atoms with Gasteiger partial charge in [0.2, 0.25) is 0 Å². The van der Waals surface area contributed by atoms with Gasteiger partial charge in [0.25, 0.3) is 0 Å². The number of hydrogen-bond acceptors (Lipinski definition) is 4. The van der Waals surface area contributed by atoms with E-state index in [9.17, 15) is 5.11 Å². The summed E-state index contributed by atoms with van der Waals surface area (Å²) in [7, 11) is 0. The number of rotatable bonds is 4. The molecule has 0 radical (unpaired) electrons. The predicted octanol–water partition coefficient (Wildman–Crippen LogP) is 1.54. The zero-order valence-corrected chi connectivity index (χ0v) is 9.74. The molecule has 0 saturated heterocycles. The monoisotopic (exact) mass is 221 g/mol. The third-order valence-electron chi connectivity index (χ3n) is 2.98. The zero-order valence-electron chi connectivity index (χ0n) is 9.74. The maximum Gasteiger partial charge on any atom is 0.132 e. The number of aromatic nitrogens is 2. The molecule has 1 heterocycles. The quantitative estimate of drug-likeness (QED) is 0.809. The van der Waals surface area contributed by atoms with Gasteiger partial charge >= 0.3 is 0 Å². The second-order valence-corrected chi connectivity index (χ2v) is 4.42. The molecule has 0 saturated carbocycles. The molecule has 16 heavy (non-hydrogen) atoms. The van der Waals surface area contributed by atoms with Gasteiger partial charge in [-0.1, -0.05) is 0 Å². The van der Waals surface area contributed by atoms with Gasteiger partial charge in [-0.3, -0.25) is 0 Å². The summed E-state index contributed by atoms with van der Waals surface area (Å²) in [4.78, 5) is 8.61. The Labute approximate surface area is 96.1 Å². The van der Waals surface area contributed by atoms with Crippen molar-refractivity contribution in [1.29, 1.82) is 0 Å². The smallest absolute Gasteiger partial charge is 0.132 e. The van der Waals surface area contributed by atoms with Crippen LogP contribution in [-0.2, 0) is 12.8 Å². The highest BCUT2D eigenvalue weighted by molar-refractivity contribution is 5.46. The van der Waals surface area contributed by atoms with Crippen molar-refractivity contribution in [2.24, 2.45) is 0 Å². The highest BCUT2D eigenvalue weighted by Gasteiger charge is 2.14. The van der Waals surface area contributed by atoms with E-state index >= 15 is 0 Å². The Morgan fingerprint density at radius 1 is 1.38 bits per heavy atom. The molecule has 1 atom stereocenters. The number of aryl methyl sites for hydroxylation is 1. The first kappa shape index (κ1) is 11.3. The summed E-state index contributed by atoms with van der Waals surface area (Å²) in [6.45, 7) is 2.57. The lowest BCUT2D eigenvalue weighted by Gasteiger charge is -2.18. The molecule has 2 rings (SSSR count). The number of aliphatic hydroxyl groups is 1. The Kier molecular flexibility index (Phi) is 3.72. The maximum atomic E-state index is 9.20. The van der Waals surface area contributed by atoms with Crippen LogP contribution in [-0.4, -0.2) is 27.7 Å². The normalized spacial score (nSPS) is 16.6. The summed E-state index contributed by atoms with van der Waals surface area (Å²) in [5.74, 6) is 0.963. The second-order valence-electron chi connectivity index (χ2n) is 4.42. The van der Waals surface area contributed by atoms with Crippen molar-refractivity contribution in [1.82, 2.24) is 9.97 Å². The maximum absolute atomic E-state index is 9.20. The number of nitrogens with one attached hydrogen (secondary N) is 1. The van der Waals surface area contributed by atoms with E-state index in [1.165, 1.54) is 24.1 Å². The van der Waals surface area contributed by atoms with E-state index in [0.717, 1.165) is 31.6 Å². The first-order valence-corrected chi connectivity index (χ1v) is 6.02. The first-order chi connectivity index (χ1) is 7.77. The van der Waals surface area contributed by atoms with Crippen LogP contribution in [0.25, 0.3) is 0 Å². The van der Waals surface area contributed by atoms with Gasteiger partial charge in [-0.05, 0) is 39.0 Å². The summed E-state index contributed by atoms with van der Waals surface area (Å²) in [5, 5.41) is 12.5. The van der Waals surface area contributed by atoms with Crippen molar-refractivity contribution in [3.63, 3.8) is 0 Å². The van der Waals surface area contributed by atoms with Gasteiger partial charge in [-0.25, -0.2) is 9.97 Å². The summed E-state index contributed by atoms with van der Waals surface area (Å²) in [5.41, 5.74) is 2.47. The fourth-order valence-electron chi connectivity index (χ4n) is 2.07. The minimum atomic E-state index is -0.259. The molecular weight excluding hydrogens is 202 g/mol. The Morgan fingerprint density at radius 3 is 3.00 bits per heavy atom. The fourth-order valence-corrected chi connectivity index (χ4v) is 2.07. The summed E-state index contributed by atoms with van der Waals surface area (Å²) >= 11 is 0. The Balaban J connectivity index is 2.03. The van der Waals surface area contributed by atoms with Gasteiger partial charge < -0.3 is 10.4 Å². The zero-order chi connectivity index (χ0) is 11.4. The molecular formula is C12H19N3O. The minimum absolute atomic E-state index is 0.259. The van der Waals surface area contributed by atoms with Crippen molar-refractivity contribution >= 4 is 5.82 Å². The van der Waals surface area contributed by atoms with E-state index in [2.05, 4.69) is 15.3 Å². The topological polar surface area (TPSA) is 58.0 Å². The Hall–Kier alpha value is -1.16. The highest BCUT2D eigenvalue weighted by Crippen LogP contribution is 2.24. The van der Waals surface area contributed by atoms with Crippen molar-refractivity contribution in [2.45, 2.75) is 45.1 Å². The average Bonchev–Trinajstić information content (AvgIpc) is 2.29. The van der Waals surface area contributed by atoms with Crippen LogP contribution < -0.4 is 5.32 Å². The fraction of sp³-hybridized carbons (Fsp3) is 0.667. The van der Waals surface area contributed by atoms with Crippen LogP contribution in [0.4, 0.5) is 5.82 Å². The number of anilines is 1. The van der Waals surface area contributed by atoms with E-state index in [1.54, 1.807) is 13.3 Å². The van der Waals surface area contributed by atoms with Crippen LogP contribution in [0, 0.1) is 0 Å². The van der Waals surface area contributed by atoms with Gasteiger partial charge in [-0.15, -0.1) is 0 Å². The summed E-state index contributed by atoms with van der Waals surface area (Å²) in [6.07, 6.45) is 6.73. The number of nitrogens with zero attached hydrogens (tertiary/aromatic N) is 2. The molecule has 0 fully saturated rings. The molecule has 2 N–H and O–H groups in total. The molecule has 0 bridgehead atoms. The molecule has 1 unspecified atom stereocenters. The number of fused-ring (bicyclic) bond motifs is 1. The average molecular weight is 221 g/mol. The molecule has 0 spiro atoms. The van der Waals surface area contributed by atoms with Gasteiger partial charge in [0, 0.05) is 17.8 Å². The summed E-state index contributed by atoms with van der Waals surface area (Å²) < 4.78 is 0. The summed E-state index contributed by atoms with van der Waals surface area (Å²) in [6, 6.07) is 0. The molecule has 0 amide bonds. The van der Waals surface area contributed by atoms with Gasteiger partial charge in [0.05, 0.1) is 6.10 Å². The van der Waals surface area contributed by atoms with Crippen molar-refractivity contribution in [2.75, 3.05) is 11.9 Å². The van der Waals surface area contributed by atoms with Crippen LogP contribution in [0.2, 0.25) is 0 Å². The number of hydrogen-bond donors (Lipinski definition) is 2. The van der Waals surface area contributed by atoms with Crippen molar-refractivity contribution < 1.29 is 5.11 Å².